The molecule has 1 aliphatic rings. The second-order valence-corrected chi connectivity index (χ2v) is 2.95. The third kappa shape index (κ3) is 1.39. The van der Waals surface area contributed by atoms with E-state index in [1.807, 2.05) is 6.08 Å². The molecule has 54 valence electrons. The number of nitrogens with zero attached hydrogens (tertiary/aromatic N) is 1. The average Bonchev–Trinajstić information content (AvgIpc) is 2.36. The molecule has 0 N–H and O–H groups in total. The lowest BCUT2D eigenvalue weighted by Crippen LogP contribution is -2.03. The average molecular weight is 135 g/mol. The number of allylic oxidation sites excluding steroid dienone is 1. The lowest BCUT2D eigenvalue weighted by molar-refractivity contribution is 0.473. The van der Waals surface area contributed by atoms with Gasteiger partial charge in [0.25, 0.3) is 0 Å². The molecule has 2 atom stereocenters. The Labute approximate surface area is 62.4 Å². The third-order valence-electron chi connectivity index (χ3n) is 2.29. The van der Waals surface area contributed by atoms with Crippen LogP contribution < -0.4 is 0 Å². The Morgan fingerprint density at radius 2 is 2.40 bits per heavy atom. The molecule has 1 rings (SSSR count). The van der Waals surface area contributed by atoms with E-state index in [0.717, 1.165) is 12.8 Å². The van der Waals surface area contributed by atoms with Crippen molar-refractivity contribution < 1.29 is 0 Å². The van der Waals surface area contributed by atoms with Crippen LogP contribution in [0.3, 0.4) is 0 Å². The summed E-state index contributed by atoms with van der Waals surface area (Å²) in [4.78, 5) is 0. The molecule has 0 spiro atoms. The van der Waals surface area contributed by atoms with Crippen LogP contribution in [0.4, 0.5) is 0 Å². The molecule has 1 nitrogen and oxygen atoms in total. The van der Waals surface area contributed by atoms with Crippen molar-refractivity contribution >= 4 is 0 Å². The molecule has 1 aliphatic carbocycles. The van der Waals surface area contributed by atoms with Gasteiger partial charge in [0.15, 0.2) is 0 Å². The molecule has 0 aromatic carbocycles. The summed E-state index contributed by atoms with van der Waals surface area (Å²) in [6.07, 6.45) is 6.52. The molecule has 0 aromatic rings. The zero-order valence-electron chi connectivity index (χ0n) is 6.21. The summed E-state index contributed by atoms with van der Waals surface area (Å²) in [5.74, 6) is 0.931. The molecule has 10 heavy (non-hydrogen) atoms. The van der Waals surface area contributed by atoms with E-state index in [0.29, 0.717) is 11.8 Å². The Kier molecular flexibility index (Phi) is 2.50. The summed E-state index contributed by atoms with van der Waals surface area (Å²) >= 11 is 0. The van der Waals surface area contributed by atoms with Crippen LogP contribution in [0.1, 0.15) is 25.7 Å². The van der Waals surface area contributed by atoms with E-state index in [1.54, 1.807) is 0 Å². The largest absolute Gasteiger partial charge is 0.198 e. The molecule has 1 heteroatoms. The van der Waals surface area contributed by atoms with Crippen molar-refractivity contribution in [2.45, 2.75) is 25.7 Å². The van der Waals surface area contributed by atoms with Gasteiger partial charge in [-0.25, -0.2) is 0 Å². The van der Waals surface area contributed by atoms with Gasteiger partial charge < -0.3 is 0 Å². The van der Waals surface area contributed by atoms with Gasteiger partial charge in [0, 0.05) is 5.92 Å². The fourth-order valence-electron chi connectivity index (χ4n) is 1.70. The molecule has 1 saturated carbocycles. The molecule has 2 unspecified atom stereocenters. The van der Waals surface area contributed by atoms with Crippen LogP contribution in [-0.2, 0) is 0 Å². The monoisotopic (exact) mass is 135 g/mol. The number of rotatable bonds is 2. The highest BCUT2D eigenvalue weighted by Gasteiger charge is 2.25. The van der Waals surface area contributed by atoms with E-state index in [1.165, 1.54) is 12.8 Å². The summed E-state index contributed by atoms with van der Waals surface area (Å²) in [7, 11) is 0. The number of hydrogen-bond donors (Lipinski definition) is 0. The van der Waals surface area contributed by atoms with E-state index in [2.05, 4.69) is 12.6 Å². The van der Waals surface area contributed by atoms with Crippen molar-refractivity contribution in [3.63, 3.8) is 0 Å². The first-order valence-corrected chi connectivity index (χ1v) is 3.89. The maximum absolute atomic E-state index is 8.68. The third-order valence-corrected chi connectivity index (χ3v) is 2.29. The molecule has 0 saturated heterocycles. The maximum Gasteiger partial charge on any atom is 0.0658 e. The summed E-state index contributed by atoms with van der Waals surface area (Å²) in [5, 5.41) is 8.68. The highest BCUT2D eigenvalue weighted by Crippen LogP contribution is 2.33. The zero-order valence-corrected chi connectivity index (χ0v) is 6.21. The molecular weight excluding hydrogens is 122 g/mol. The Hall–Kier alpha value is -0.770. The van der Waals surface area contributed by atoms with Gasteiger partial charge in [-0.2, -0.15) is 5.26 Å². The van der Waals surface area contributed by atoms with Crippen LogP contribution in [0, 0.1) is 23.2 Å². The van der Waals surface area contributed by atoms with Crippen molar-refractivity contribution in [1.29, 1.82) is 5.26 Å². The SMILES string of the molecule is C=CCC1CCCC1C#N. The normalized spacial score (nSPS) is 31.5. The van der Waals surface area contributed by atoms with Gasteiger partial charge in [-0.05, 0) is 25.2 Å². The standard InChI is InChI=1S/C9H13N/c1-2-4-8-5-3-6-9(8)7-10/h2,8-9H,1,3-6H2. The lowest BCUT2D eigenvalue weighted by Gasteiger charge is -2.08. The van der Waals surface area contributed by atoms with Gasteiger partial charge in [0.2, 0.25) is 0 Å². The summed E-state index contributed by atoms with van der Waals surface area (Å²) in [5.41, 5.74) is 0. The maximum atomic E-state index is 8.68. The number of hydrogen-bond acceptors (Lipinski definition) is 1. The predicted molar refractivity (Wildman–Crippen MR) is 41.3 cm³/mol. The van der Waals surface area contributed by atoms with Crippen LogP contribution >= 0.6 is 0 Å². The molecule has 0 aromatic heterocycles. The minimum atomic E-state index is 0.318. The Morgan fingerprint density at radius 3 is 3.00 bits per heavy atom. The minimum Gasteiger partial charge on any atom is -0.198 e. The summed E-state index contributed by atoms with van der Waals surface area (Å²) in [6, 6.07) is 2.35. The van der Waals surface area contributed by atoms with Crippen LogP contribution in [0.25, 0.3) is 0 Å². The Morgan fingerprint density at radius 1 is 1.60 bits per heavy atom. The Bertz CT molecular complexity index is 155. The molecule has 0 radical (unpaired) electrons. The topological polar surface area (TPSA) is 23.8 Å². The molecule has 0 bridgehead atoms. The minimum absolute atomic E-state index is 0.318. The first-order chi connectivity index (χ1) is 4.88. The molecular formula is C9H13N. The quantitative estimate of drug-likeness (QED) is 0.534. The van der Waals surface area contributed by atoms with Crippen LogP contribution in [0.5, 0.6) is 0 Å². The lowest BCUT2D eigenvalue weighted by atomic mass is 9.94. The molecule has 0 aliphatic heterocycles. The zero-order chi connectivity index (χ0) is 7.40. The first kappa shape index (κ1) is 7.34. The van der Waals surface area contributed by atoms with Gasteiger partial charge in [0.05, 0.1) is 6.07 Å². The Balaban J connectivity index is 2.43. The highest BCUT2D eigenvalue weighted by molar-refractivity contribution is 4.94. The van der Waals surface area contributed by atoms with E-state index < -0.39 is 0 Å². The van der Waals surface area contributed by atoms with Crippen LogP contribution in [-0.4, -0.2) is 0 Å². The van der Waals surface area contributed by atoms with Gasteiger partial charge in [0.1, 0.15) is 0 Å². The van der Waals surface area contributed by atoms with Gasteiger partial charge in [-0.1, -0.05) is 12.5 Å². The van der Waals surface area contributed by atoms with E-state index in [9.17, 15) is 0 Å². The second kappa shape index (κ2) is 3.41. The molecule has 0 amide bonds. The second-order valence-electron chi connectivity index (χ2n) is 2.95. The van der Waals surface area contributed by atoms with Crippen molar-refractivity contribution in [3.8, 4) is 6.07 Å². The summed E-state index contributed by atoms with van der Waals surface area (Å²) in [6.45, 7) is 3.68. The first-order valence-electron chi connectivity index (χ1n) is 3.89. The fraction of sp³-hybridized carbons (Fsp3) is 0.667. The van der Waals surface area contributed by atoms with E-state index in [-0.39, 0.29) is 0 Å². The van der Waals surface area contributed by atoms with Crippen molar-refractivity contribution in [2.75, 3.05) is 0 Å². The van der Waals surface area contributed by atoms with Crippen LogP contribution in [0.2, 0.25) is 0 Å². The van der Waals surface area contributed by atoms with Gasteiger partial charge in [-0.15, -0.1) is 6.58 Å². The molecule has 1 fully saturated rings. The smallest absolute Gasteiger partial charge is 0.0658 e. The van der Waals surface area contributed by atoms with E-state index >= 15 is 0 Å². The van der Waals surface area contributed by atoms with Gasteiger partial charge >= 0.3 is 0 Å². The summed E-state index contributed by atoms with van der Waals surface area (Å²) < 4.78 is 0. The van der Waals surface area contributed by atoms with Gasteiger partial charge in [-0.3, -0.25) is 0 Å². The molecule has 0 heterocycles. The van der Waals surface area contributed by atoms with Crippen molar-refractivity contribution in [2.24, 2.45) is 11.8 Å². The highest BCUT2D eigenvalue weighted by atomic mass is 14.3. The van der Waals surface area contributed by atoms with Crippen molar-refractivity contribution in [1.82, 2.24) is 0 Å². The van der Waals surface area contributed by atoms with Crippen LogP contribution in [0.15, 0.2) is 12.7 Å². The van der Waals surface area contributed by atoms with E-state index in [4.69, 9.17) is 5.26 Å². The predicted octanol–water partition coefficient (Wildman–Crippen LogP) is 2.50. The number of nitriles is 1. The fourth-order valence-corrected chi connectivity index (χ4v) is 1.70. The van der Waals surface area contributed by atoms with Crippen molar-refractivity contribution in [3.05, 3.63) is 12.7 Å².